The van der Waals surface area contributed by atoms with Crippen molar-refractivity contribution < 1.29 is 9.00 Å². The summed E-state index contributed by atoms with van der Waals surface area (Å²) in [6.45, 7) is 0. The van der Waals surface area contributed by atoms with Crippen molar-refractivity contribution in [2.75, 3.05) is 5.32 Å². The number of aryl methyl sites for hydroxylation is 2. The van der Waals surface area contributed by atoms with E-state index in [-0.39, 0.29) is 10.0 Å². The average Bonchev–Trinajstić information content (AvgIpc) is 3.26. The molecule has 3 N–H and O–H groups in total. The monoisotopic (exact) mass is 411 g/mol. The summed E-state index contributed by atoms with van der Waals surface area (Å²) in [4.78, 5) is 12.5. The highest BCUT2D eigenvalue weighted by Gasteiger charge is 2.26. The van der Waals surface area contributed by atoms with Gasteiger partial charge in [0.15, 0.2) is 14.9 Å². The van der Waals surface area contributed by atoms with Crippen LogP contribution in [-0.2, 0) is 35.6 Å². The summed E-state index contributed by atoms with van der Waals surface area (Å²) < 4.78 is 24.1. The van der Waals surface area contributed by atoms with Gasteiger partial charge in [-0.05, 0) is 70.2 Å². The molecule has 4 rings (SSSR count). The molecule has 0 saturated carbocycles. The van der Waals surface area contributed by atoms with Gasteiger partial charge in [-0.3, -0.25) is 4.45 Å². The normalized spacial score (nSPS) is 17.5. The van der Waals surface area contributed by atoms with Crippen LogP contribution < -0.4 is 10.0 Å². The molecule has 0 saturated heterocycles. The molecule has 26 heavy (non-hydrogen) atoms. The lowest BCUT2D eigenvalue weighted by Gasteiger charge is -2.17. The number of hydrogen-bond donors (Lipinski definition) is 3. The van der Waals surface area contributed by atoms with Gasteiger partial charge in [0.2, 0.25) is 0 Å². The molecular formula is C16H19ClN5O2PS. The molecule has 0 fully saturated rings. The minimum absolute atomic E-state index is 0.0711. The van der Waals surface area contributed by atoms with Crippen LogP contribution in [0.1, 0.15) is 35.1 Å². The van der Waals surface area contributed by atoms with Crippen LogP contribution in [0.25, 0.3) is 0 Å². The van der Waals surface area contributed by atoms with Crippen molar-refractivity contribution in [3.63, 3.8) is 0 Å². The number of amides is 2. The molecule has 2 amide bonds. The third-order valence-corrected chi connectivity index (χ3v) is 6.85. The summed E-state index contributed by atoms with van der Waals surface area (Å²) in [6, 6.07) is 1.60. The Kier molecular flexibility index (Phi) is 4.45. The molecule has 2 aliphatic rings. The number of hydrogen-bond acceptors (Lipinski definition) is 4. The predicted octanol–water partition coefficient (Wildman–Crippen LogP) is 3.29. The number of halogens is 1. The second-order valence-electron chi connectivity index (χ2n) is 6.61. The molecule has 2 unspecified atom stereocenters. The van der Waals surface area contributed by atoms with Crippen molar-refractivity contribution in [1.29, 1.82) is 4.78 Å². The minimum atomic E-state index is -3.66. The first-order chi connectivity index (χ1) is 12.3. The number of fused-ring (bicyclic) bond motifs is 2. The molecule has 7 nitrogen and oxygen atoms in total. The van der Waals surface area contributed by atoms with Crippen LogP contribution in [0.4, 0.5) is 10.5 Å². The van der Waals surface area contributed by atoms with Gasteiger partial charge >= 0.3 is 6.03 Å². The van der Waals surface area contributed by atoms with E-state index < -0.39 is 15.9 Å². The topological polar surface area (TPSA) is 99.9 Å². The highest BCUT2D eigenvalue weighted by Crippen LogP contribution is 2.38. The number of anilines is 1. The summed E-state index contributed by atoms with van der Waals surface area (Å²) in [5.74, 6) is 0. The quantitative estimate of drug-likeness (QED) is 0.675. The number of nitrogens with zero attached hydrogens (tertiary/aromatic N) is 2. The second-order valence-corrected chi connectivity index (χ2v) is 9.25. The number of benzene rings is 1. The van der Waals surface area contributed by atoms with Crippen LogP contribution in [0.2, 0.25) is 5.02 Å². The van der Waals surface area contributed by atoms with Crippen molar-refractivity contribution in [3.05, 3.63) is 39.5 Å². The van der Waals surface area contributed by atoms with E-state index in [9.17, 15) is 9.00 Å². The molecular weight excluding hydrogens is 393 g/mol. The Balaban J connectivity index is 1.61. The standard InChI is InChI=1S/C16H19ClN5O2PS/c17-13-8-22(25)20-15(13)26(18,24)21-16(23)19-14-11-5-1-3-9(11)7-10-4-2-6-12(10)14/h7-8H,1-6,25H2,(H3,18,19,21,23,24). The highest BCUT2D eigenvalue weighted by molar-refractivity contribution is 7.91. The van der Waals surface area contributed by atoms with E-state index >= 15 is 0 Å². The van der Waals surface area contributed by atoms with E-state index in [0.717, 1.165) is 44.2 Å². The Morgan fingerprint density at radius 1 is 1.23 bits per heavy atom. The molecule has 1 aromatic heterocycles. The number of aromatic nitrogens is 2. The van der Waals surface area contributed by atoms with Crippen LogP contribution in [0.3, 0.4) is 0 Å². The SMILES string of the molecule is N=S(=O)(NC(=O)Nc1c2c(cc3c1CCC3)CCC2)c1nn(P)cc1Cl. The number of urea groups is 1. The maximum absolute atomic E-state index is 12.6. The zero-order valence-corrected chi connectivity index (χ0v) is 16.7. The maximum Gasteiger partial charge on any atom is 0.332 e. The van der Waals surface area contributed by atoms with Crippen LogP contribution in [0.5, 0.6) is 0 Å². The van der Waals surface area contributed by atoms with Gasteiger partial charge in [-0.2, -0.15) is 5.10 Å². The Labute approximate surface area is 159 Å². The first-order valence-corrected chi connectivity index (χ1v) is 10.8. The third kappa shape index (κ3) is 3.10. The molecule has 0 bridgehead atoms. The van der Waals surface area contributed by atoms with E-state index in [1.807, 2.05) is 0 Å². The van der Waals surface area contributed by atoms with Crippen molar-refractivity contribution in [2.24, 2.45) is 0 Å². The zero-order chi connectivity index (χ0) is 18.5. The average molecular weight is 412 g/mol. The Hall–Kier alpha value is -1.63. The Morgan fingerprint density at radius 2 is 1.85 bits per heavy atom. The van der Waals surface area contributed by atoms with E-state index in [4.69, 9.17) is 16.4 Å². The molecule has 1 aromatic carbocycles. The molecule has 138 valence electrons. The lowest BCUT2D eigenvalue weighted by molar-refractivity contribution is 0.256. The molecule has 2 atom stereocenters. The molecule has 1 heterocycles. The summed E-state index contributed by atoms with van der Waals surface area (Å²) >= 11 is 5.96. The molecule has 2 aliphatic carbocycles. The van der Waals surface area contributed by atoms with Crippen LogP contribution in [0.15, 0.2) is 17.3 Å². The van der Waals surface area contributed by atoms with Crippen molar-refractivity contribution >= 4 is 42.6 Å². The molecule has 10 heteroatoms. The lowest BCUT2D eigenvalue weighted by Crippen LogP contribution is -2.34. The smallest absolute Gasteiger partial charge is 0.307 e. The minimum Gasteiger partial charge on any atom is -0.307 e. The predicted molar refractivity (Wildman–Crippen MR) is 104 cm³/mol. The first kappa shape index (κ1) is 17.8. The number of carbonyl (C=O) groups excluding carboxylic acids is 1. The number of rotatable bonds is 3. The van der Waals surface area contributed by atoms with Gasteiger partial charge in [-0.25, -0.2) is 18.5 Å². The number of carbonyl (C=O) groups is 1. The first-order valence-electron chi connectivity index (χ1n) is 8.39. The van der Waals surface area contributed by atoms with Crippen molar-refractivity contribution in [2.45, 2.75) is 43.6 Å². The van der Waals surface area contributed by atoms with Gasteiger partial charge < -0.3 is 5.32 Å². The lowest BCUT2D eigenvalue weighted by atomic mass is 9.99. The molecule has 2 aromatic rings. The van der Waals surface area contributed by atoms with Gasteiger partial charge in [0.05, 0.1) is 5.02 Å². The second kappa shape index (κ2) is 6.51. The molecule has 0 spiro atoms. The Bertz CT molecular complexity index is 986. The van der Waals surface area contributed by atoms with E-state index in [1.54, 1.807) is 0 Å². The highest BCUT2D eigenvalue weighted by atomic mass is 35.5. The molecule has 0 radical (unpaired) electrons. The fourth-order valence-electron chi connectivity index (χ4n) is 3.83. The van der Waals surface area contributed by atoms with Gasteiger partial charge in [0.1, 0.15) is 0 Å². The van der Waals surface area contributed by atoms with Gasteiger partial charge in [-0.1, -0.05) is 17.7 Å². The third-order valence-electron chi connectivity index (χ3n) is 4.88. The van der Waals surface area contributed by atoms with Gasteiger partial charge in [0.25, 0.3) is 0 Å². The molecule has 0 aliphatic heterocycles. The van der Waals surface area contributed by atoms with Crippen LogP contribution >= 0.6 is 21.0 Å². The van der Waals surface area contributed by atoms with Gasteiger partial charge in [0, 0.05) is 11.9 Å². The van der Waals surface area contributed by atoms with Gasteiger partial charge in [-0.15, -0.1) is 0 Å². The summed E-state index contributed by atoms with van der Waals surface area (Å²) in [6.07, 6.45) is 7.46. The van der Waals surface area contributed by atoms with Crippen molar-refractivity contribution in [1.82, 2.24) is 14.3 Å². The number of nitrogens with one attached hydrogen (secondary N) is 3. The fraction of sp³-hybridized carbons (Fsp3) is 0.375. The van der Waals surface area contributed by atoms with E-state index in [2.05, 4.69) is 30.6 Å². The summed E-state index contributed by atoms with van der Waals surface area (Å²) in [5, 5.41) is 6.67. The van der Waals surface area contributed by atoms with Crippen molar-refractivity contribution in [3.8, 4) is 0 Å². The summed E-state index contributed by atoms with van der Waals surface area (Å²) in [7, 11) is -1.41. The Morgan fingerprint density at radius 3 is 2.38 bits per heavy atom. The summed E-state index contributed by atoms with van der Waals surface area (Å²) in [5.41, 5.74) is 5.76. The zero-order valence-electron chi connectivity index (χ0n) is 14.0. The van der Waals surface area contributed by atoms with Crippen LogP contribution in [-0.4, -0.2) is 19.8 Å². The maximum atomic E-state index is 12.6. The largest absolute Gasteiger partial charge is 0.332 e. The van der Waals surface area contributed by atoms with E-state index in [0.29, 0.717) is 0 Å². The fourth-order valence-corrected chi connectivity index (χ4v) is 5.68. The van der Waals surface area contributed by atoms with Crippen LogP contribution in [0, 0.1) is 4.78 Å². The van der Waals surface area contributed by atoms with E-state index in [1.165, 1.54) is 32.9 Å².